The number of guanidine groups is 1. The van der Waals surface area contributed by atoms with Gasteiger partial charge in [0.25, 0.3) is 0 Å². The van der Waals surface area contributed by atoms with Crippen LogP contribution in [0.2, 0.25) is 0 Å². The van der Waals surface area contributed by atoms with E-state index in [0.717, 1.165) is 38.1 Å². The van der Waals surface area contributed by atoms with Crippen molar-refractivity contribution in [3.63, 3.8) is 0 Å². The van der Waals surface area contributed by atoms with Crippen LogP contribution in [-0.2, 0) is 4.79 Å². The molecule has 1 saturated heterocycles. The van der Waals surface area contributed by atoms with Gasteiger partial charge in [0.1, 0.15) is 12.4 Å². The van der Waals surface area contributed by atoms with Gasteiger partial charge in [0.2, 0.25) is 5.91 Å². The number of nitrogens with two attached hydrogens (primary N) is 1. The van der Waals surface area contributed by atoms with Crippen molar-refractivity contribution in [2.45, 2.75) is 19.3 Å². The van der Waals surface area contributed by atoms with Gasteiger partial charge in [-0.2, -0.15) is 0 Å². The summed E-state index contributed by atoms with van der Waals surface area (Å²) in [5.41, 5.74) is 5.28. The van der Waals surface area contributed by atoms with Gasteiger partial charge in [0.15, 0.2) is 17.5 Å². The first-order valence-corrected chi connectivity index (χ1v) is 8.31. The second kappa shape index (κ2) is 11.1. The summed E-state index contributed by atoms with van der Waals surface area (Å²) < 4.78 is 31.6. The van der Waals surface area contributed by atoms with Gasteiger partial charge in [-0.3, -0.25) is 9.79 Å². The third kappa shape index (κ3) is 6.93. The highest BCUT2D eigenvalue weighted by atomic mass is 127. The molecule has 1 aliphatic heterocycles. The SMILES string of the molecule is CN=C(NCCOc1ccc(F)cc1F)N1CCCC(CC(N)=O)C1.I. The second-order valence-corrected chi connectivity index (χ2v) is 6.02. The first kappa shape index (κ1) is 22.4. The maximum Gasteiger partial charge on any atom is 0.217 e. The van der Waals surface area contributed by atoms with Gasteiger partial charge in [0.05, 0.1) is 6.54 Å². The van der Waals surface area contributed by atoms with Crippen LogP contribution < -0.4 is 15.8 Å². The summed E-state index contributed by atoms with van der Waals surface area (Å²) in [6.45, 7) is 2.19. The summed E-state index contributed by atoms with van der Waals surface area (Å²) in [6, 6.07) is 3.20. The number of rotatable bonds is 6. The molecule has 6 nitrogen and oxygen atoms in total. The van der Waals surface area contributed by atoms with E-state index in [1.807, 2.05) is 0 Å². The molecule has 3 N–H and O–H groups in total. The number of likely N-dealkylation sites (tertiary alicyclic amines) is 1. The normalized spacial score (nSPS) is 17.4. The molecular formula is C17H25F2IN4O2. The van der Waals surface area contributed by atoms with E-state index < -0.39 is 11.6 Å². The number of primary amides is 1. The summed E-state index contributed by atoms with van der Waals surface area (Å²) in [7, 11) is 1.68. The topological polar surface area (TPSA) is 80.0 Å². The van der Waals surface area contributed by atoms with E-state index in [1.165, 1.54) is 6.07 Å². The maximum atomic E-state index is 13.5. The lowest BCUT2D eigenvalue weighted by Gasteiger charge is -2.34. The number of hydrogen-bond donors (Lipinski definition) is 2. The Kier molecular flexibility index (Phi) is 9.60. The number of carbonyl (C=O) groups excluding carboxylic acids is 1. The summed E-state index contributed by atoms with van der Waals surface area (Å²) in [4.78, 5) is 17.4. The average Bonchev–Trinajstić information content (AvgIpc) is 2.56. The number of halogens is 3. The minimum absolute atomic E-state index is 0. The number of ether oxygens (including phenoxy) is 1. The summed E-state index contributed by atoms with van der Waals surface area (Å²) in [6.07, 6.45) is 2.32. The fraction of sp³-hybridized carbons (Fsp3) is 0.529. The van der Waals surface area contributed by atoms with Crippen LogP contribution in [0.1, 0.15) is 19.3 Å². The summed E-state index contributed by atoms with van der Waals surface area (Å²) in [5.74, 6) is -0.706. The van der Waals surface area contributed by atoms with Crippen molar-refractivity contribution in [3.05, 3.63) is 29.8 Å². The van der Waals surface area contributed by atoms with E-state index in [-0.39, 0.29) is 48.2 Å². The minimum Gasteiger partial charge on any atom is -0.489 e. The molecule has 9 heteroatoms. The number of benzene rings is 1. The Bertz CT molecular complexity index is 631. The lowest BCUT2D eigenvalue weighted by atomic mass is 9.95. The summed E-state index contributed by atoms with van der Waals surface area (Å²) in [5, 5.41) is 3.15. The zero-order valence-electron chi connectivity index (χ0n) is 14.7. The molecule has 0 saturated carbocycles. The Morgan fingerprint density at radius 2 is 2.23 bits per heavy atom. The molecule has 1 aromatic rings. The molecule has 0 aromatic heterocycles. The van der Waals surface area contributed by atoms with Crippen molar-refractivity contribution < 1.29 is 18.3 Å². The molecule has 1 aromatic carbocycles. The van der Waals surface area contributed by atoms with Crippen molar-refractivity contribution >= 4 is 35.8 Å². The Morgan fingerprint density at radius 3 is 2.88 bits per heavy atom. The minimum atomic E-state index is -0.727. The van der Waals surface area contributed by atoms with E-state index in [9.17, 15) is 13.6 Å². The van der Waals surface area contributed by atoms with Gasteiger partial charge in [-0.1, -0.05) is 0 Å². The van der Waals surface area contributed by atoms with Gasteiger partial charge in [-0.25, -0.2) is 8.78 Å². The lowest BCUT2D eigenvalue weighted by Crippen LogP contribution is -2.48. The average molecular weight is 482 g/mol. The first-order valence-electron chi connectivity index (χ1n) is 8.31. The number of nitrogens with one attached hydrogen (secondary N) is 1. The largest absolute Gasteiger partial charge is 0.489 e. The molecule has 2 rings (SSSR count). The van der Waals surface area contributed by atoms with Crippen LogP contribution in [0.5, 0.6) is 5.75 Å². The Hall–Kier alpha value is -1.65. The highest BCUT2D eigenvalue weighted by Crippen LogP contribution is 2.19. The van der Waals surface area contributed by atoms with Crippen LogP contribution in [0, 0.1) is 17.6 Å². The smallest absolute Gasteiger partial charge is 0.217 e. The van der Waals surface area contributed by atoms with E-state index in [1.54, 1.807) is 7.05 Å². The van der Waals surface area contributed by atoms with Gasteiger partial charge >= 0.3 is 0 Å². The van der Waals surface area contributed by atoms with Crippen molar-refractivity contribution in [2.24, 2.45) is 16.6 Å². The molecular weight excluding hydrogens is 457 g/mol. The molecule has 1 amide bonds. The van der Waals surface area contributed by atoms with Crippen molar-refractivity contribution in [3.8, 4) is 5.75 Å². The van der Waals surface area contributed by atoms with Crippen LogP contribution >= 0.6 is 24.0 Å². The third-order valence-electron chi connectivity index (χ3n) is 4.06. The predicted molar refractivity (Wildman–Crippen MR) is 107 cm³/mol. The van der Waals surface area contributed by atoms with Crippen LogP contribution in [0.15, 0.2) is 23.2 Å². The van der Waals surface area contributed by atoms with Gasteiger partial charge in [0, 0.05) is 32.6 Å². The number of nitrogens with zero attached hydrogens (tertiary/aromatic N) is 2. The second-order valence-electron chi connectivity index (χ2n) is 6.02. The summed E-state index contributed by atoms with van der Waals surface area (Å²) >= 11 is 0. The van der Waals surface area contributed by atoms with Crippen molar-refractivity contribution in [1.82, 2.24) is 10.2 Å². The molecule has 1 unspecified atom stereocenters. The Balaban J connectivity index is 0.00000338. The maximum absolute atomic E-state index is 13.5. The predicted octanol–water partition coefficient (Wildman–Crippen LogP) is 2.12. The van der Waals surface area contributed by atoms with E-state index >= 15 is 0 Å². The van der Waals surface area contributed by atoms with Crippen LogP contribution in [0.3, 0.4) is 0 Å². The number of amides is 1. The zero-order valence-corrected chi connectivity index (χ0v) is 17.0. The molecule has 0 spiro atoms. The molecule has 0 aliphatic carbocycles. The molecule has 1 aliphatic rings. The quantitative estimate of drug-likeness (QED) is 0.282. The van der Waals surface area contributed by atoms with E-state index in [2.05, 4.69) is 15.2 Å². The Morgan fingerprint density at radius 1 is 1.46 bits per heavy atom. The number of aliphatic imine (C=N–C) groups is 1. The zero-order chi connectivity index (χ0) is 18.2. The molecule has 1 atom stereocenters. The van der Waals surface area contributed by atoms with Crippen LogP contribution in [0.25, 0.3) is 0 Å². The molecule has 0 radical (unpaired) electrons. The number of piperidine rings is 1. The van der Waals surface area contributed by atoms with Gasteiger partial charge in [-0.15, -0.1) is 24.0 Å². The third-order valence-corrected chi connectivity index (χ3v) is 4.06. The van der Waals surface area contributed by atoms with Crippen molar-refractivity contribution in [2.75, 3.05) is 33.3 Å². The standard InChI is InChI=1S/C17H24F2N4O2.HI/c1-21-17(23-7-2-3-12(11-23)9-16(20)24)22-6-8-25-15-5-4-13(18)10-14(15)19;/h4-5,10,12H,2-3,6-9,11H2,1H3,(H2,20,24)(H,21,22);1H. The van der Waals surface area contributed by atoms with Crippen LogP contribution in [-0.4, -0.2) is 50.1 Å². The fourth-order valence-electron chi connectivity index (χ4n) is 2.96. The first-order chi connectivity index (χ1) is 12.0. The molecule has 26 heavy (non-hydrogen) atoms. The molecule has 1 fully saturated rings. The van der Waals surface area contributed by atoms with Crippen LogP contribution in [0.4, 0.5) is 8.78 Å². The van der Waals surface area contributed by atoms with Crippen molar-refractivity contribution in [1.29, 1.82) is 0 Å². The van der Waals surface area contributed by atoms with E-state index in [4.69, 9.17) is 10.5 Å². The molecule has 146 valence electrons. The van der Waals surface area contributed by atoms with Gasteiger partial charge in [-0.05, 0) is 30.9 Å². The van der Waals surface area contributed by atoms with Gasteiger partial charge < -0.3 is 20.7 Å². The number of hydrogen-bond acceptors (Lipinski definition) is 3. The lowest BCUT2D eigenvalue weighted by molar-refractivity contribution is -0.119. The highest BCUT2D eigenvalue weighted by Gasteiger charge is 2.23. The fourth-order valence-corrected chi connectivity index (χ4v) is 2.96. The Labute approximate surface area is 169 Å². The van der Waals surface area contributed by atoms with E-state index in [0.29, 0.717) is 18.9 Å². The highest BCUT2D eigenvalue weighted by molar-refractivity contribution is 14.0. The molecule has 0 bridgehead atoms. The number of carbonyl (C=O) groups is 1. The monoisotopic (exact) mass is 482 g/mol. The molecule has 1 heterocycles.